The fraction of sp³-hybridized carbons (Fsp3) is 0.250. The molecule has 0 saturated carbocycles. The van der Waals surface area contributed by atoms with Crippen LogP contribution in [0.2, 0.25) is 0 Å². The van der Waals surface area contributed by atoms with Crippen LogP contribution in [-0.4, -0.2) is 25.0 Å². The molecule has 5 nitrogen and oxygen atoms in total. The van der Waals surface area contributed by atoms with E-state index in [4.69, 9.17) is 9.15 Å². The van der Waals surface area contributed by atoms with E-state index < -0.39 is 17.9 Å². The maximum atomic E-state index is 12.9. The molecule has 22 heavy (non-hydrogen) atoms. The first-order valence-corrected chi connectivity index (χ1v) is 6.68. The number of rotatable bonds is 5. The molecule has 0 aliphatic carbocycles. The molecule has 2 aromatic rings. The molecule has 0 bridgehead atoms. The lowest BCUT2D eigenvalue weighted by Crippen LogP contribution is -2.43. The highest BCUT2D eigenvalue weighted by Crippen LogP contribution is 2.11. The van der Waals surface area contributed by atoms with E-state index >= 15 is 0 Å². The van der Waals surface area contributed by atoms with Crippen molar-refractivity contribution in [3.8, 4) is 0 Å². The molecule has 0 radical (unpaired) electrons. The summed E-state index contributed by atoms with van der Waals surface area (Å²) in [5, 5.41) is 2.61. The third-order valence-corrected chi connectivity index (χ3v) is 3.25. The van der Waals surface area contributed by atoms with Crippen molar-refractivity contribution in [3.63, 3.8) is 0 Å². The molecular formula is C16H16FNO4. The number of esters is 1. The first-order chi connectivity index (χ1) is 10.5. The number of methoxy groups -OCH3 is 1. The lowest BCUT2D eigenvalue weighted by atomic mass is 10.1. The van der Waals surface area contributed by atoms with Crippen molar-refractivity contribution >= 4 is 11.9 Å². The number of hydrogen-bond donors (Lipinski definition) is 1. The lowest BCUT2D eigenvalue weighted by Gasteiger charge is -2.16. The minimum absolute atomic E-state index is 0.204. The smallest absolute Gasteiger partial charge is 0.328 e. The summed E-state index contributed by atoms with van der Waals surface area (Å²) in [5.74, 6) is -0.901. The number of ether oxygens (including phenoxy) is 1. The third-order valence-electron chi connectivity index (χ3n) is 3.25. The van der Waals surface area contributed by atoms with Crippen LogP contribution in [0, 0.1) is 12.7 Å². The van der Waals surface area contributed by atoms with Crippen molar-refractivity contribution in [2.75, 3.05) is 7.11 Å². The molecule has 0 aliphatic rings. The summed E-state index contributed by atoms with van der Waals surface area (Å²) in [7, 11) is 1.25. The Morgan fingerprint density at radius 3 is 2.50 bits per heavy atom. The number of benzene rings is 1. The van der Waals surface area contributed by atoms with Crippen molar-refractivity contribution in [2.24, 2.45) is 0 Å². The van der Waals surface area contributed by atoms with Gasteiger partial charge in [0.2, 0.25) is 0 Å². The summed E-state index contributed by atoms with van der Waals surface area (Å²) in [6.07, 6.45) is 1.60. The predicted molar refractivity (Wildman–Crippen MR) is 76.8 cm³/mol. The summed E-state index contributed by atoms with van der Waals surface area (Å²) in [6.45, 7) is 1.65. The van der Waals surface area contributed by atoms with Crippen LogP contribution in [0.25, 0.3) is 0 Å². The number of hydrogen-bond acceptors (Lipinski definition) is 4. The van der Waals surface area contributed by atoms with Crippen LogP contribution in [0.4, 0.5) is 4.39 Å². The maximum absolute atomic E-state index is 12.9. The minimum atomic E-state index is -0.864. The van der Waals surface area contributed by atoms with E-state index in [1.54, 1.807) is 19.1 Å². The number of carbonyl (C=O) groups is 2. The highest BCUT2D eigenvalue weighted by atomic mass is 19.1. The van der Waals surface area contributed by atoms with Gasteiger partial charge in [-0.05, 0) is 30.7 Å². The van der Waals surface area contributed by atoms with E-state index in [1.165, 1.54) is 31.6 Å². The number of furan rings is 1. The molecule has 116 valence electrons. The van der Waals surface area contributed by atoms with Crippen molar-refractivity contribution in [3.05, 3.63) is 59.3 Å². The fourth-order valence-electron chi connectivity index (χ4n) is 2.05. The topological polar surface area (TPSA) is 68.5 Å². The predicted octanol–water partition coefficient (Wildman–Crippen LogP) is 2.24. The third kappa shape index (κ3) is 3.72. The average molecular weight is 305 g/mol. The van der Waals surface area contributed by atoms with Crippen LogP contribution >= 0.6 is 0 Å². The van der Waals surface area contributed by atoms with E-state index in [0.717, 1.165) is 0 Å². The molecule has 1 heterocycles. The van der Waals surface area contributed by atoms with Crippen molar-refractivity contribution in [2.45, 2.75) is 19.4 Å². The maximum Gasteiger partial charge on any atom is 0.328 e. The summed E-state index contributed by atoms with van der Waals surface area (Å²) in [6, 6.07) is 6.37. The number of nitrogens with one attached hydrogen (secondary N) is 1. The van der Waals surface area contributed by atoms with Gasteiger partial charge in [-0.1, -0.05) is 12.1 Å². The van der Waals surface area contributed by atoms with Gasteiger partial charge in [0, 0.05) is 6.42 Å². The van der Waals surface area contributed by atoms with E-state index in [9.17, 15) is 14.0 Å². The Morgan fingerprint density at radius 2 is 1.95 bits per heavy atom. The van der Waals surface area contributed by atoms with Crippen LogP contribution in [0.3, 0.4) is 0 Å². The number of carbonyl (C=O) groups excluding carboxylic acids is 2. The van der Waals surface area contributed by atoms with Crippen molar-refractivity contribution in [1.82, 2.24) is 5.32 Å². The number of aryl methyl sites for hydroxylation is 1. The minimum Gasteiger partial charge on any atom is -0.469 e. The van der Waals surface area contributed by atoms with Crippen molar-refractivity contribution < 1.29 is 23.1 Å². The summed E-state index contributed by atoms with van der Waals surface area (Å²) in [4.78, 5) is 24.0. The summed E-state index contributed by atoms with van der Waals surface area (Å²) < 4.78 is 22.7. The van der Waals surface area contributed by atoms with Gasteiger partial charge in [0.1, 0.15) is 17.6 Å². The zero-order valence-corrected chi connectivity index (χ0v) is 12.3. The molecule has 0 fully saturated rings. The monoisotopic (exact) mass is 305 g/mol. The second kappa shape index (κ2) is 6.89. The Bertz CT molecular complexity index is 663. The Labute approximate surface area is 127 Å². The second-order valence-electron chi connectivity index (χ2n) is 4.77. The van der Waals surface area contributed by atoms with Crippen molar-refractivity contribution in [1.29, 1.82) is 0 Å². The van der Waals surface area contributed by atoms with Gasteiger partial charge in [0.25, 0.3) is 5.91 Å². The van der Waals surface area contributed by atoms with Gasteiger partial charge in [-0.2, -0.15) is 0 Å². The highest BCUT2D eigenvalue weighted by molar-refractivity contribution is 5.97. The molecule has 1 amide bonds. The largest absolute Gasteiger partial charge is 0.469 e. The Hall–Kier alpha value is -2.63. The van der Waals surface area contributed by atoms with Crippen LogP contribution in [-0.2, 0) is 16.0 Å². The highest BCUT2D eigenvalue weighted by Gasteiger charge is 2.24. The molecule has 2 rings (SSSR count). The molecule has 1 N–H and O–H groups in total. The second-order valence-corrected chi connectivity index (χ2v) is 4.77. The van der Waals surface area contributed by atoms with Gasteiger partial charge in [-0.25, -0.2) is 9.18 Å². The van der Waals surface area contributed by atoms with E-state index in [0.29, 0.717) is 16.9 Å². The van der Waals surface area contributed by atoms with E-state index in [-0.39, 0.29) is 12.2 Å². The molecule has 0 aliphatic heterocycles. The van der Waals surface area contributed by atoms with Gasteiger partial charge in [-0.15, -0.1) is 0 Å². The average Bonchev–Trinajstić information content (AvgIpc) is 2.94. The molecule has 1 aromatic carbocycles. The van der Waals surface area contributed by atoms with E-state index in [2.05, 4.69) is 5.32 Å². The van der Waals surface area contributed by atoms with Crippen LogP contribution < -0.4 is 5.32 Å². The lowest BCUT2D eigenvalue weighted by molar-refractivity contribution is -0.142. The standard InChI is InChI=1S/C16H16FNO4/c1-10-13(7-8-22-10)15(19)18-14(16(20)21-2)9-11-3-5-12(17)6-4-11/h3-8,14H,9H2,1-2H3,(H,18,19)/t14-/m1/s1. The molecule has 0 unspecified atom stereocenters. The Kier molecular flexibility index (Phi) is 4.93. The zero-order valence-electron chi connectivity index (χ0n) is 12.3. The first-order valence-electron chi connectivity index (χ1n) is 6.68. The fourth-order valence-corrected chi connectivity index (χ4v) is 2.05. The zero-order chi connectivity index (χ0) is 16.1. The van der Waals surface area contributed by atoms with Crippen LogP contribution in [0.1, 0.15) is 21.7 Å². The van der Waals surface area contributed by atoms with Gasteiger partial charge < -0.3 is 14.5 Å². The van der Waals surface area contributed by atoms with Gasteiger partial charge in [-0.3, -0.25) is 4.79 Å². The Morgan fingerprint density at radius 1 is 1.27 bits per heavy atom. The summed E-state index contributed by atoms with van der Waals surface area (Å²) in [5.41, 5.74) is 1.06. The van der Waals surface area contributed by atoms with Gasteiger partial charge >= 0.3 is 5.97 Å². The molecule has 1 aromatic heterocycles. The van der Waals surface area contributed by atoms with Crippen LogP contribution in [0.5, 0.6) is 0 Å². The quantitative estimate of drug-likeness (QED) is 0.860. The van der Waals surface area contributed by atoms with Gasteiger partial charge in [0.15, 0.2) is 0 Å². The molecular weight excluding hydrogens is 289 g/mol. The first kappa shape index (κ1) is 15.8. The molecule has 6 heteroatoms. The molecule has 0 spiro atoms. The number of amides is 1. The Balaban J connectivity index is 2.13. The molecule has 0 saturated heterocycles. The van der Waals surface area contributed by atoms with E-state index in [1.807, 2.05) is 0 Å². The normalized spacial score (nSPS) is 11.8. The molecule has 1 atom stereocenters. The summed E-state index contributed by atoms with van der Waals surface area (Å²) >= 11 is 0. The number of halogens is 1. The van der Waals surface area contributed by atoms with Gasteiger partial charge in [0.05, 0.1) is 18.9 Å². The van der Waals surface area contributed by atoms with Crippen LogP contribution in [0.15, 0.2) is 41.0 Å². The SMILES string of the molecule is COC(=O)[C@@H](Cc1ccc(F)cc1)NC(=O)c1ccoc1C.